The summed E-state index contributed by atoms with van der Waals surface area (Å²) < 4.78 is 9.85. The SMILES string of the molecule is COc1cccc(NC2=CC(=O)OC2)c1. The van der Waals surface area contributed by atoms with E-state index in [-0.39, 0.29) is 5.97 Å². The van der Waals surface area contributed by atoms with Gasteiger partial charge in [0.05, 0.1) is 12.8 Å². The Morgan fingerprint density at radius 3 is 3.00 bits per heavy atom. The first-order chi connectivity index (χ1) is 7.28. The van der Waals surface area contributed by atoms with Crippen molar-refractivity contribution >= 4 is 11.7 Å². The van der Waals surface area contributed by atoms with E-state index >= 15 is 0 Å². The summed E-state index contributed by atoms with van der Waals surface area (Å²) in [6.45, 7) is 0.302. The van der Waals surface area contributed by atoms with Gasteiger partial charge in [0.2, 0.25) is 0 Å². The highest BCUT2D eigenvalue weighted by Crippen LogP contribution is 2.19. The van der Waals surface area contributed by atoms with Gasteiger partial charge in [-0.05, 0) is 12.1 Å². The van der Waals surface area contributed by atoms with Crippen molar-refractivity contribution in [1.29, 1.82) is 0 Å². The van der Waals surface area contributed by atoms with Crippen molar-refractivity contribution in [3.05, 3.63) is 36.0 Å². The van der Waals surface area contributed by atoms with E-state index in [1.54, 1.807) is 7.11 Å². The van der Waals surface area contributed by atoms with Gasteiger partial charge in [0.15, 0.2) is 0 Å². The summed E-state index contributed by atoms with van der Waals surface area (Å²) in [6, 6.07) is 7.48. The molecule has 4 nitrogen and oxygen atoms in total. The number of cyclic esters (lactones) is 1. The third-order valence-corrected chi connectivity index (χ3v) is 2.04. The number of benzene rings is 1. The highest BCUT2D eigenvalue weighted by atomic mass is 16.5. The molecule has 4 heteroatoms. The molecule has 1 heterocycles. The second-order valence-electron chi connectivity index (χ2n) is 3.13. The van der Waals surface area contributed by atoms with Crippen LogP contribution in [0.25, 0.3) is 0 Å². The fourth-order valence-electron chi connectivity index (χ4n) is 1.33. The molecule has 1 N–H and O–H groups in total. The monoisotopic (exact) mass is 205 g/mol. The molecule has 1 aliphatic rings. The van der Waals surface area contributed by atoms with Gasteiger partial charge in [-0.2, -0.15) is 0 Å². The van der Waals surface area contributed by atoms with Crippen LogP contribution in [0.5, 0.6) is 5.75 Å². The molecule has 0 unspecified atom stereocenters. The number of esters is 1. The lowest BCUT2D eigenvalue weighted by Crippen LogP contribution is -2.01. The molecule has 0 radical (unpaired) electrons. The Kier molecular flexibility index (Phi) is 2.58. The van der Waals surface area contributed by atoms with Crippen LogP contribution in [0.3, 0.4) is 0 Å². The molecule has 0 bridgehead atoms. The zero-order valence-corrected chi connectivity index (χ0v) is 8.32. The van der Waals surface area contributed by atoms with Gasteiger partial charge in [-0.15, -0.1) is 0 Å². The Hall–Kier alpha value is -1.97. The van der Waals surface area contributed by atoms with Crippen molar-refractivity contribution in [3.63, 3.8) is 0 Å². The van der Waals surface area contributed by atoms with Crippen LogP contribution >= 0.6 is 0 Å². The van der Waals surface area contributed by atoms with Crippen molar-refractivity contribution in [2.75, 3.05) is 19.0 Å². The lowest BCUT2D eigenvalue weighted by molar-refractivity contribution is -0.134. The summed E-state index contributed by atoms with van der Waals surface area (Å²) >= 11 is 0. The molecular formula is C11H11NO3. The predicted octanol–water partition coefficient (Wildman–Crippen LogP) is 1.55. The Labute approximate surface area is 87.5 Å². The lowest BCUT2D eigenvalue weighted by Gasteiger charge is -2.07. The maximum atomic E-state index is 10.8. The molecule has 0 spiro atoms. The zero-order valence-electron chi connectivity index (χ0n) is 8.32. The standard InChI is InChI=1S/C11H11NO3/c1-14-10-4-2-3-8(5-10)12-9-6-11(13)15-7-9/h2-6,12H,7H2,1H3. The summed E-state index contributed by atoms with van der Waals surface area (Å²) in [5.74, 6) is 0.464. The quantitative estimate of drug-likeness (QED) is 0.760. The maximum absolute atomic E-state index is 10.8. The Morgan fingerprint density at radius 1 is 1.47 bits per heavy atom. The van der Waals surface area contributed by atoms with Gasteiger partial charge in [0, 0.05) is 17.8 Å². The largest absolute Gasteiger partial charge is 0.497 e. The highest BCUT2D eigenvalue weighted by Gasteiger charge is 2.12. The number of hydrogen-bond acceptors (Lipinski definition) is 4. The minimum Gasteiger partial charge on any atom is -0.497 e. The van der Waals surface area contributed by atoms with E-state index in [1.165, 1.54) is 6.08 Å². The third-order valence-electron chi connectivity index (χ3n) is 2.04. The van der Waals surface area contributed by atoms with Crippen LogP contribution in [0.1, 0.15) is 0 Å². The molecule has 0 saturated carbocycles. The van der Waals surface area contributed by atoms with Crippen LogP contribution in [0.4, 0.5) is 5.69 Å². The van der Waals surface area contributed by atoms with Gasteiger partial charge in [0.1, 0.15) is 12.4 Å². The van der Waals surface area contributed by atoms with Crippen LogP contribution < -0.4 is 10.1 Å². The third kappa shape index (κ3) is 2.28. The van der Waals surface area contributed by atoms with Gasteiger partial charge in [-0.3, -0.25) is 0 Å². The van der Waals surface area contributed by atoms with Gasteiger partial charge >= 0.3 is 5.97 Å². The first-order valence-electron chi connectivity index (χ1n) is 4.56. The van der Waals surface area contributed by atoms with Crippen LogP contribution in [0.2, 0.25) is 0 Å². The van der Waals surface area contributed by atoms with Crippen LogP contribution in [0.15, 0.2) is 36.0 Å². The molecule has 15 heavy (non-hydrogen) atoms. The van der Waals surface area contributed by atoms with Gasteiger partial charge < -0.3 is 14.8 Å². The summed E-state index contributed by atoms with van der Waals surface area (Å²) in [5, 5.41) is 3.08. The van der Waals surface area contributed by atoms with Gasteiger partial charge in [-0.1, -0.05) is 6.07 Å². The molecule has 1 aliphatic heterocycles. The normalized spacial score (nSPS) is 14.5. The molecule has 0 amide bonds. The predicted molar refractivity (Wildman–Crippen MR) is 55.7 cm³/mol. The molecule has 0 saturated heterocycles. The number of ether oxygens (including phenoxy) is 2. The van der Waals surface area contributed by atoms with Crippen LogP contribution in [0, 0.1) is 0 Å². The van der Waals surface area contributed by atoms with E-state index in [0.717, 1.165) is 17.1 Å². The average Bonchev–Trinajstić information content (AvgIpc) is 2.64. The molecule has 0 aliphatic carbocycles. The minimum absolute atomic E-state index is 0.302. The van der Waals surface area contributed by atoms with E-state index in [0.29, 0.717) is 6.61 Å². The molecular weight excluding hydrogens is 194 g/mol. The number of rotatable bonds is 3. The Morgan fingerprint density at radius 2 is 2.33 bits per heavy atom. The molecule has 0 fully saturated rings. The molecule has 2 rings (SSSR count). The summed E-state index contributed by atoms with van der Waals surface area (Å²) in [5.41, 5.74) is 1.63. The van der Waals surface area contributed by atoms with Gasteiger partial charge in [-0.25, -0.2) is 4.79 Å². The van der Waals surface area contributed by atoms with Crippen LogP contribution in [-0.2, 0) is 9.53 Å². The number of carbonyl (C=O) groups excluding carboxylic acids is 1. The van der Waals surface area contributed by atoms with Crippen molar-refractivity contribution in [1.82, 2.24) is 0 Å². The van der Waals surface area contributed by atoms with E-state index in [2.05, 4.69) is 5.32 Å². The summed E-state index contributed by atoms with van der Waals surface area (Å²) in [7, 11) is 1.61. The Bertz CT molecular complexity index is 412. The fraction of sp³-hybridized carbons (Fsp3) is 0.182. The summed E-state index contributed by atoms with van der Waals surface area (Å²) in [6.07, 6.45) is 1.44. The molecule has 0 aromatic heterocycles. The topological polar surface area (TPSA) is 47.6 Å². The van der Waals surface area contributed by atoms with E-state index < -0.39 is 0 Å². The first kappa shape index (κ1) is 9.58. The minimum atomic E-state index is -0.305. The fourth-order valence-corrected chi connectivity index (χ4v) is 1.33. The average molecular weight is 205 g/mol. The van der Waals surface area contributed by atoms with E-state index in [9.17, 15) is 4.79 Å². The highest BCUT2D eigenvalue weighted by molar-refractivity contribution is 5.86. The second kappa shape index (κ2) is 4.04. The first-order valence-corrected chi connectivity index (χ1v) is 4.56. The number of methoxy groups -OCH3 is 1. The zero-order chi connectivity index (χ0) is 10.7. The molecule has 1 aromatic rings. The van der Waals surface area contributed by atoms with Crippen LogP contribution in [-0.4, -0.2) is 19.7 Å². The molecule has 0 atom stereocenters. The number of carbonyl (C=O) groups is 1. The lowest BCUT2D eigenvalue weighted by atomic mass is 10.3. The second-order valence-corrected chi connectivity index (χ2v) is 3.13. The van der Waals surface area contributed by atoms with Gasteiger partial charge in [0.25, 0.3) is 0 Å². The number of hydrogen-bond donors (Lipinski definition) is 1. The van der Waals surface area contributed by atoms with Crippen molar-refractivity contribution in [3.8, 4) is 5.75 Å². The van der Waals surface area contributed by atoms with Crippen molar-refractivity contribution < 1.29 is 14.3 Å². The van der Waals surface area contributed by atoms with E-state index in [4.69, 9.17) is 9.47 Å². The maximum Gasteiger partial charge on any atom is 0.333 e. The number of nitrogens with one attached hydrogen (secondary N) is 1. The van der Waals surface area contributed by atoms with Crippen molar-refractivity contribution in [2.24, 2.45) is 0 Å². The smallest absolute Gasteiger partial charge is 0.333 e. The summed E-state index contributed by atoms with van der Waals surface area (Å²) in [4.78, 5) is 10.8. The van der Waals surface area contributed by atoms with Crippen molar-refractivity contribution in [2.45, 2.75) is 0 Å². The Balaban J connectivity index is 2.10. The van der Waals surface area contributed by atoms with E-state index in [1.807, 2.05) is 24.3 Å². The number of anilines is 1. The molecule has 1 aromatic carbocycles. The molecule has 78 valence electrons.